The molecular formula is C16H20N6O. The van der Waals surface area contributed by atoms with Gasteiger partial charge in [0.15, 0.2) is 5.58 Å². The van der Waals surface area contributed by atoms with Crippen molar-refractivity contribution in [2.75, 3.05) is 31.1 Å². The van der Waals surface area contributed by atoms with E-state index in [1.54, 1.807) is 0 Å². The van der Waals surface area contributed by atoms with Gasteiger partial charge in [0, 0.05) is 39.8 Å². The minimum Gasteiger partial charge on any atom is -0.423 e. The molecule has 7 heteroatoms. The Labute approximate surface area is 134 Å². The number of aryl methyl sites for hydroxylation is 2. The molecule has 120 valence electrons. The average Bonchev–Trinajstić information content (AvgIpc) is 3.14. The summed E-state index contributed by atoms with van der Waals surface area (Å²) in [5.74, 6) is 0. The third-order valence-corrected chi connectivity index (χ3v) is 4.37. The van der Waals surface area contributed by atoms with Crippen molar-refractivity contribution in [1.29, 1.82) is 0 Å². The summed E-state index contributed by atoms with van der Waals surface area (Å²) < 4.78 is 7.72. The molecule has 0 unspecified atom stereocenters. The summed E-state index contributed by atoms with van der Waals surface area (Å²) in [6.07, 6.45) is 1.83. The van der Waals surface area contributed by atoms with Crippen LogP contribution >= 0.6 is 0 Å². The first-order chi connectivity index (χ1) is 11.2. The second-order valence-electron chi connectivity index (χ2n) is 6.08. The minimum absolute atomic E-state index is 0.729. The second kappa shape index (κ2) is 5.66. The Balaban J connectivity index is 1.43. The fraction of sp³-hybridized carbons (Fsp3) is 0.438. The van der Waals surface area contributed by atoms with E-state index in [-0.39, 0.29) is 0 Å². The van der Waals surface area contributed by atoms with Crippen molar-refractivity contribution in [1.82, 2.24) is 24.9 Å². The maximum atomic E-state index is 5.89. The van der Waals surface area contributed by atoms with E-state index in [2.05, 4.69) is 44.2 Å². The number of fused-ring (bicyclic) bond motifs is 1. The van der Waals surface area contributed by atoms with Crippen LogP contribution in [0.15, 0.2) is 28.8 Å². The highest BCUT2D eigenvalue weighted by molar-refractivity contribution is 5.75. The van der Waals surface area contributed by atoms with Crippen molar-refractivity contribution in [3.63, 3.8) is 0 Å². The molecule has 4 rings (SSSR count). The third-order valence-electron chi connectivity index (χ3n) is 4.37. The predicted octanol–water partition coefficient (Wildman–Crippen LogP) is 1.59. The SMILES string of the molecule is Cc1ccc2oc(N3CCN(Cc4cnnn4C)CC3)nc2c1. The first kappa shape index (κ1) is 14.2. The molecule has 1 fully saturated rings. The number of benzene rings is 1. The molecule has 3 aromatic rings. The summed E-state index contributed by atoms with van der Waals surface area (Å²) in [6.45, 7) is 6.73. The molecule has 3 heterocycles. The van der Waals surface area contributed by atoms with Crippen LogP contribution in [-0.2, 0) is 13.6 Å². The lowest BCUT2D eigenvalue weighted by Gasteiger charge is -2.33. The largest absolute Gasteiger partial charge is 0.423 e. The van der Waals surface area contributed by atoms with Gasteiger partial charge in [0.25, 0.3) is 6.01 Å². The molecule has 2 aromatic heterocycles. The molecule has 1 saturated heterocycles. The van der Waals surface area contributed by atoms with Gasteiger partial charge in [0.2, 0.25) is 0 Å². The van der Waals surface area contributed by atoms with Crippen LogP contribution < -0.4 is 4.90 Å². The molecular weight excluding hydrogens is 292 g/mol. The van der Waals surface area contributed by atoms with E-state index in [1.807, 2.05) is 24.0 Å². The van der Waals surface area contributed by atoms with Crippen LogP contribution in [-0.4, -0.2) is 51.1 Å². The number of oxazole rings is 1. The summed E-state index contributed by atoms with van der Waals surface area (Å²) in [4.78, 5) is 9.25. The molecule has 0 aliphatic carbocycles. The molecule has 1 aliphatic heterocycles. The fourth-order valence-electron chi connectivity index (χ4n) is 2.94. The van der Waals surface area contributed by atoms with Crippen molar-refractivity contribution in [2.24, 2.45) is 7.05 Å². The third kappa shape index (κ3) is 2.79. The zero-order valence-corrected chi connectivity index (χ0v) is 13.4. The Hall–Kier alpha value is -2.41. The van der Waals surface area contributed by atoms with Crippen molar-refractivity contribution in [3.05, 3.63) is 35.7 Å². The molecule has 1 aromatic carbocycles. The van der Waals surface area contributed by atoms with Gasteiger partial charge in [-0.05, 0) is 24.6 Å². The molecule has 0 N–H and O–H groups in total. The maximum Gasteiger partial charge on any atom is 0.298 e. The Kier molecular flexibility index (Phi) is 3.49. The van der Waals surface area contributed by atoms with E-state index >= 15 is 0 Å². The molecule has 0 radical (unpaired) electrons. The number of hydrogen-bond donors (Lipinski definition) is 0. The van der Waals surface area contributed by atoms with Gasteiger partial charge in [-0.3, -0.25) is 9.58 Å². The quantitative estimate of drug-likeness (QED) is 0.732. The Morgan fingerprint density at radius 3 is 2.74 bits per heavy atom. The van der Waals surface area contributed by atoms with Gasteiger partial charge in [-0.15, -0.1) is 5.10 Å². The fourth-order valence-corrected chi connectivity index (χ4v) is 2.94. The topological polar surface area (TPSA) is 63.2 Å². The number of hydrogen-bond acceptors (Lipinski definition) is 6. The van der Waals surface area contributed by atoms with Crippen molar-refractivity contribution >= 4 is 17.1 Å². The second-order valence-corrected chi connectivity index (χ2v) is 6.08. The first-order valence-corrected chi connectivity index (χ1v) is 7.87. The number of nitrogens with zero attached hydrogens (tertiary/aromatic N) is 6. The standard InChI is InChI=1S/C16H20N6O/c1-12-3-4-15-14(9-12)18-16(23-15)22-7-5-21(6-8-22)11-13-10-17-19-20(13)2/h3-4,9-10H,5-8,11H2,1-2H3. The summed E-state index contributed by atoms with van der Waals surface area (Å²) >= 11 is 0. The summed E-state index contributed by atoms with van der Waals surface area (Å²) in [5, 5.41) is 7.91. The summed E-state index contributed by atoms with van der Waals surface area (Å²) in [7, 11) is 1.93. The van der Waals surface area contributed by atoms with E-state index in [9.17, 15) is 0 Å². The van der Waals surface area contributed by atoms with Crippen LogP contribution in [0.2, 0.25) is 0 Å². The van der Waals surface area contributed by atoms with Gasteiger partial charge in [-0.1, -0.05) is 11.3 Å². The lowest BCUT2D eigenvalue weighted by Crippen LogP contribution is -2.46. The van der Waals surface area contributed by atoms with Gasteiger partial charge in [0.1, 0.15) is 5.52 Å². The number of aromatic nitrogens is 4. The van der Waals surface area contributed by atoms with Gasteiger partial charge in [-0.25, -0.2) is 0 Å². The lowest BCUT2D eigenvalue weighted by atomic mass is 10.2. The lowest BCUT2D eigenvalue weighted by molar-refractivity contribution is 0.240. The van der Waals surface area contributed by atoms with Crippen molar-refractivity contribution in [3.8, 4) is 0 Å². The van der Waals surface area contributed by atoms with E-state index in [0.29, 0.717) is 0 Å². The molecule has 0 bridgehead atoms. The maximum absolute atomic E-state index is 5.89. The van der Waals surface area contributed by atoms with Crippen LogP contribution in [0.5, 0.6) is 0 Å². The van der Waals surface area contributed by atoms with E-state index in [0.717, 1.165) is 55.5 Å². The number of rotatable bonds is 3. The number of anilines is 1. The van der Waals surface area contributed by atoms with Crippen LogP contribution in [0.25, 0.3) is 11.1 Å². The van der Waals surface area contributed by atoms with Gasteiger partial charge >= 0.3 is 0 Å². The molecule has 0 spiro atoms. The van der Waals surface area contributed by atoms with Gasteiger partial charge < -0.3 is 9.32 Å². The van der Waals surface area contributed by atoms with E-state index in [4.69, 9.17) is 4.42 Å². The highest BCUT2D eigenvalue weighted by Crippen LogP contribution is 2.23. The van der Waals surface area contributed by atoms with Crippen LogP contribution in [0.3, 0.4) is 0 Å². The Morgan fingerprint density at radius 1 is 1.17 bits per heavy atom. The highest BCUT2D eigenvalue weighted by Gasteiger charge is 2.21. The van der Waals surface area contributed by atoms with Crippen molar-refractivity contribution < 1.29 is 4.42 Å². The Morgan fingerprint density at radius 2 is 2.00 bits per heavy atom. The monoisotopic (exact) mass is 312 g/mol. The first-order valence-electron chi connectivity index (χ1n) is 7.87. The Bertz CT molecular complexity index is 815. The van der Waals surface area contributed by atoms with Crippen molar-refractivity contribution in [2.45, 2.75) is 13.5 Å². The van der Waals surface area contributed by atoms with Crippen LogP contribution in [0.4, 0.5) is 6.01 Å². The van der Waals surface area contributed by atoms with Crippen LogP contribution in [0.1, 0.15) is 11.3 Å². The van der Waals surface area contributed by atoms with E-state index < -0.39 is 0 Å². The molecule has 7 nitrogen and oxygen atoms in total. The summed E-state index contributed by atoms with van der Waals surface area (Å²) in [6, 6.07) is 6.84. The zero-order chi connectivity index (χ0) is 15.8. The average molecular weight is 312 g/mol. The number of piperazine rings is 1. The van der Waals surface area contributed by atoms with Gasteiger partial charge in [0.05, 0.1) is 11.9 Å². The molecule has 23 heavy (non-hydrogen) atoms. The van der Waals surface area contributed by atoms with E-state index in [1.165, 1.54) is 5.56 Å². The zero-order valence-electron chi connectivity index (χ0n) is 13.4. The minimum atomic E-state index is 0.729. The molecule has 0 amide bonds. The summed E-state index contributed by atoms with van der Waals surface area (Å²) in [5.41, 5.74) is 4.13. The van der Waals surface area contributed by atoms with Crippen LogP contribution in [0, 0.1) is 6.92 Å². The van der Waals surface area contributed by atoms with Gasteiger partial charge in [-0.2, -0.15) is 4.98 Å². The smallest absolute Gasteiger partial charge is 0.298 e. The highest BCUT2D eigenvalue weighted by atomic mass is 16.4. The molecule has 1 aliphatic rings. The normalized spacial score (nSPS) is 16.3. The molecule has 0 saturated carbocycles. The molecule has 0 atom stereocenters. The predicted molar refractivity (Wildman–Crippen MR) is 87.2 cm³/mol.